The van der Waals surface area contributed by atoms with Crippen LogP contribution < -0.4 is 16.0 Å². The van der Waals surface area contributed by atoms with Crippen LogP contribution in [0.2, 0.25) is 0 Å². The molecule has 1 aromatic heterocycles. The first-order valence-corrected chi connectivity index (χ1v) is 5.58. The molecule has 0 aliphatic rings. The van der Waals surface area contributed by atoms with E-state index in [1.165, 1.54) is 25.4 Å². The van der Waals surface area contributed by atoms with Gasteiger partial charge in [-0.1, -0.05) is 18.2 Å². The van der Waals surface area contributed by atoms with E-state index in [0.717, 1.165) is 6.07 Å². The second-order valence-corrected chi connectivity index (χ2v) is 3.84. The van der Waals surface area contributed by atoms with Crippen molar-refractivity contribution in [3.05, 3.63) is 59.3 Å². The van der Waals surface area contributed by atoms with E-state index in [2.05, 4.69) is 10.4 Å². The standard InChI is InChI=1S/C13H13F2N3O/c1-19-13-9(5-3-7-17-13)12(18-16)8-4-2-6-10(14)11(8)15/h2-7,12,18H,16H2,1H3. The van der Waals surface area contributed by atoms with Crippen LogP contribution in [0.1, 0.15) is 17.2 Å². The van der Waals surface area contributed by atoms with Crippen molar-refractivity contribution in [1.82, 2.24) is 10.4 Å². The fourth-order valence-corrected chi connectivity index (χ4v) is 1.88. The average Bonchev–Trinajstić information content (AvgIpc) is 2.45. The summed E-state index contributed by atoms with van der Waals surface area (Å²) in [4.78, 5) is 4.01. The summed E-state index contributed by atoms with van der Waals surface area (Å²) in [6.45, 7) is 0. The molecular weight excluding hydrogens is 252 g/mol. The van der Waals surface area contributed by atoms with Crippen molar-refractivity contribution < 1.29 is 13.5 Å². The molecule has 0 saturated heterocycles. The van der Waals surface area contributed by atoms with Gasteiger partial charge >= 0.3 is 0 Å². The summed E-state index contributed by atoms with van der Waals surface area (Å²) in [5.41, 5.74) is 3.07. The molecule has 0 bridgehead atoms. The van der Waals surface area contributed by atoms with E-state index in [-0.39, 0.29) is 5.56 Å². The molecule has 0 spiro atoms. The largest absolute Gasteiger partial charge is 0.481 e. The molecule has 19 heavy (non-hydrogen) atoms. The number of nitrogens with zero attached hydrogens (tertiary/aromatic N) is 1. The van der Waals surface area contributed by atoms with Gasteiger partial charge in [-0.3, -0.25) is 5.84 Å². The Bertz CT molecular complexity index is 578. The lowest BCUT2D eigenvalue weighted by atomic mass is 9.99. The number of aromatic nitrogens is 1. The molecule has 0 fully saturated rings. The van der Waals surface area contributed by atoms with E-state index in [1.54, 1.807) is 12.1 Å². The molecule has 1 aromatic carbocycles. The smallest absolute Gasteiger partial charge is 0.218 e. The topological polar surface area (TPSA) is 60.2 Å². The van der Waals surface area contributed by atoms with Gasteiger partial charge in [0.25, 0.3) is 0 Å². The third-order valence-corrected chi connectivity index (χ3v) is 2.76. The molecule has 0 saturated carbocycles. The van der Waals surface area contributed by atoms with Crippen molar-refractivity contribution >= 4 is 0 Å². The van der Waals surface area contributed by atoms with Crippen LogP contribution in [0.5, 0.6) is 5.88 Å². The first-order valence-electron chi connectivity index (χ1n) is 5.58. The molecule has 0 aliphatic carbocycles. The van der Waals surface area contributed by atoms with Crippen LogP contribution in [0.25, 0.3) is 0 Å². The maximum Gasteiger partial charge on any atom is 0.218 e. The highest BCUT2D eigenvalue weighted by Gasteiger charge is 2.22. The maximum absolute atomic E-state index is 13.8. The Balaban J connectivity index is 2.53. The number of rotatable bonds is 4. The minimum Gasteiger partial charge on any atom is -0.481 e. The lowest BCUT2D eigenvalue weighted by Gasteiger charge is -2.19. The van der Waals surface area contributed by atoms with Gasteiger partial charge in [0.15, 0.2) is 11.6 Å². The first-order chi connectivity index (χ1) is 9.19. The van der Waals surface area contributed by atoms with Crippen molar-refractivity contribution in [2.75, 3.05) is 7.11 Å². The maximum atomic E-state index is 13.8. The van der Waals surface area contributed by atoms with Gasteiger partial charge in [-0.15, -0.1) is 0 Å². The summed E-state index contributed by atoms with van der Waals surface area (Å²) in [6, 6.07) is 6.52. The monoisotopic (exact) mass is 265 g/mol. The van der Waals surface area contributed by atoms with Gasteiger partial charge < -0.3 is 4.74 Å². The van der Waals surface area contributed by atoms with Crippen molar-refractivity contribution in [1.29, 1.82) is 0 Å². The molecule has 6 heteroatoms. The minimum atomic E-state index is -0.948. The van der Waals surface area contributed by atoms with Gasteiger partial charge in [-0.2, -0.15) is 0 Å². The predicted octanol–water partition coefficient (Wildman–Crippen LogP) is 1.92. The summed E-state index contributed by atoms with van der Waals surface area (Å²) in [5, 5.41) is 0. The van der Waals surface area contributed by atoms with Gasteiger partial charge in [0.05, 0.1) is 13.2 Å². The third kappa shape index (κ3) is 2.54. The van der Waals surface area contributed by atoms with Crippen molar-refractivity contribution in [3.63, 3.8) is 0 Å². The number of methoxy groups -OCH3 is 1. The van der Waals surface area contributed by atoms with Crippen LogP contribution in [-0.4, -0.2) is 12.1 Å². The first kappa shape index (κ1) is 13.4. The minimum absolute atomic E-state index is 0.0915. The Morgan fingerprint density at radius 2 is 1.95 bits per heavy atom. The quantitative estimate of drug-likeness (QED) is 0.655. The van der Waals surface area contributed by atoms with E-state index in [0.29, 0.717) is 11.4 Å². The Morgan fingerprint density at radius 3 is 2.63 bits per heavy atom. The molecule has 2 aromatic rings. The van der Waals surface area contributed by atoms with Crippen LogP contribution in [-0.2, 0) is 0 Å². The number of nitrogens with two attached hydrogens (primary N) is 1. The van der Waals surface area contributed by atoms with E-state index in [4.69, 9.17) is 10.6 Å². The SMILES string of the molecule is COc1ncccc1C(NN)c1cccc(F)c1F. The van der Waals surface area contributed by atoms with E-state index < -0.39 is 17.7 Å². The lowest BCUT2D eigenvalue weighted by Crippen LogP contribution is -2.30. The number of hydrogen-bond acceptors (Lipinski definition) is 4. The molecule has 2 rings (SSSR count). The van der Waals surface area contributed by atoms with Crippen molar-refractivity contribution in [2.45, 2.75) is 6.04 Å². The number of benzene rings is 1. The Hall–Kier alpha value is -2.05. The third-order valence-electron chi connectivity index (χ3n) is 2.76. The highest BCUT2D eigenvalue weighted by Crippen LogP contribution is 2.29. The summed E-state index contributed by atoms with van der Waals surface area (Å²) >= 11 is 0. The zero-order valence-electron chi connectivity index (χ0n) is 10.2. The van der Waals surface area contributed by atoms with Gasteiger partial charge in [0.1, 0.15) is 0 Å². The second-order valence-electron chi connectivity index (χ2n) is 3.84. The fourth-order valence-electron chi connectivity index (χ4n) is 1.88. The zero-order chi connectivity index (χ0) is 13.8. The van der Waals surface area contributed by atoms with Crippen molar-refractivity contribution in [2.24, 2.45) is 5.84 Å². The molecule has 4 nitrogen and oxygen atoms in total. The Labute approximate surface area is 109 Å². The number of halogens is 2. The number of ether oxygens (including phenoxy) is 1. The van der Waals surface area contributed by atoms with E-state index in [9.17, 15) is 8.78 Å². The van der Waals surface area contributed by atoms with E-state index in [1.807, 2.05) is 0 Å². The number of hydrogen-bond donors (Lipinski definition) is 2. The summed E-state index contributed by atoms with van der Waals surface area (Å²) in [7, 11) is 1.45. The normalized spacial score (nSPS) is 12.2. The number of nitrogens with one attached hydrogen (secondary N) is 1. The number of hydrazine groups is 1. The van der Waals surface area contributed by atoms with Crippen LogP contribution in [0, 0.1) is 11.6 Å². The van der Waals surface area contributed by atoms with Crippen molar-refractivity contribution in [3.8, 4) is 5.88 Å². The predicted molar refractivity (Wildman–Crippen MR) is 66.3 cm³/mol. The van der Waals surface area contributed by atoms with Gasteiger partial charge in [-0.05, 0) is 12.1 Å². The Kier molecular flexibility index (Phi) is 4.03. The van der Waals surface area contributed by atoms with Gasteiger partial charge in [0.2, 0.25) is 5.88 Å². The van der Waals surface area contributed by atoms with Crippen LogP contribution >= 0.6 is 0 Å². The summed E-state index contributed by atoms with van der Waals surface area (Å²) in [6.07, 6.45) is 1.54. The van der Waals surface area contributed by atoms with Crippen LogP contribution in [0.15, 0.2) is 36.5 Å². The molecule has 1 atom stereocenters. The zero-order valence-corrected chi connectivity index (χ0v) is 10.2. The van der Waals surface area contributed by atoms with Crippen LogP contribution in [0.4, 0.5) is 8.78 Å². The van der Waals surface area contributed by atoms with E-state index >= 15 is 0 Å². The molecule has 100 valence electrons. The fraction of sp³-hybridized carbons (Fsp3) is 0.154. The second kappa shape index (κ2) is 5.73. The summed E-state index contributed by atoms with van der Waals surface area (Å²) < 4.78 is 32.2. The van der Waals surface area contributed by atoms with Gasteiger partial charge in [-0.25, -0.2) is 19.2 Å². The lowest BCUT2D eigenvalue weighted by molar-refractivity contribution is 0.385. The molecular formula is C13H13F2N3O. The average molecular weight is 265 g/mol. The molecule has 1 heterocycles. The van der Waals surface area contributed by atoms with Gasteiger partial charge in [0, 0.05) is 17.3 Å². The highest BCUT2D eigenvalue weighted by atomic mass is 19.2. The summed E-state index contributed by atoms with van der Waals surface area (Å²) in [5.74, 6) is 3.88. The van der Waals surface area contributed by atoms with Crippen LogP contribution in [0.3, 0.4) is 0 Å². The number of pyridine rings is 1. The molecule has 1 unspecified atom stereocenters. The molecule has 0 radical (unpaired) electrons. The highest BCUT2D eigenvalue weighted by molar-refractivity contribution is 5.38. The Morgan fingerprint density at radius 1 is 1.21 bits per heavy atom. The molecule has 0 aliphatic heterocycles. The molecule has 0 amide bonds. The molecule has 3 N–H and O–H groups in total.